The van der Waals surface area contributed by atoms with Gasteiger partial charge in [-0.2, -0.15) is 0 Å². The van der Waals surface area contributed by atoms with E-state index in [1.165, 1.54) is 11.3 Å². The molecule has 2 N–H and O–H groups in total. The van der Waals surface area contributed by atoms with Crippen LogP contribution in [0.1, 0.15) is 18.5 Å². The summed E-state index contributed by atoms with van der Waals surface area (Å²) in [6, 6.07) is 0.315. The summed E-state index contributed by atoms with van der Waals surface area (Å²) >= 11 is 0. The van der Waals surface area contributed by atoms with E-state index in [9.17, 15) is 0 Å². The van der Waals surface area contributed by atoms with Crippen molar-refractivity contribution in [1.29, 1.82) is 0 Å². The molecule has 2 rings (SSSR count). The van der Waals surface area contributed by atoms with Crippen LogP contribution < -0.4 is 5.73 Å². The highest BCUT2D eigenvalue weighted by Crippen LogP contribution is 2.25. The van der Waals surface area contributed by atoms with Gasteiger partial charge in [-0.05, 0) is 18.4 Å². The van der Waals surface area contributed by atoms with Gasteiger partial charge in [0.05, 0.1) is 18.2 Å². The maximum Gasteiger partial charge on any atom is 0.0948 e. The van der Waals surface area contributed by atoms with Crippen LogP contribution in [0.15, 0.2) is 18.6 Å². The summed E-state index contributed by atoms with van der Waals surface area (Å²) in [6.45, 7) is 0. The second-order valence-corrected chi connectivity index (χ2v) is 3.32. The molecule has 3 nitrogen and oxygen atoms in total. The summed E-state index contributed by atoms with van der Waals surface area (Å²) < 4.78 is 2.03. The van der Waals surface area contributed by atoms with Crippen molar-refractivity contribution in [2.24, 2.45) is 12.8 Å². The zero-order chi connectivity index (χ0) is 8.55. The number of hydrogen-bond acceptors (Lipinski definition) is 2. The summed E-state index contributed by atoms with van der Waals surface area (Å²) in [6.07, 6.45) is 7.91. The number of nitrogens with zero attached hydrogens (tertiary/aromatic N) is 2. The van der Waals surface area contributed by atoms with Crippen molar-refractivity contribution in [3.8, 4) is 0 Å². The average molecular weight is 163 g/mol. The van der Waals surface area contributed by atoms with Crippen molar-refractivity contribution in [2.45, 2.75) is 18.9 Å². The molecule has 0 fully saturated rings. The van der Waals surface area contributed by atoms with E-state index in [0.29, 0.717) is 6.04 Å². The fraction of sp³-hybridized carbons (Fsp3) is 0.444. The number of rotatable bonds is 1. The third kappa shape index (κ3) is 1.16. The van der Waals surface area contributed by atoms with Crippen LogP contribution in [0.3, 0.4) is 0 Å². The van der Waals surface area contributed by atoms with Crippen molar-refractivity contribution in [3.05, 3.63) is 24.3 Å². The van der Waals surface area contributed by atoms with E-state index in [1.54, 1.807) is 0 Å². The molecule has 0 aromatic carbocycles. The molecule has 1 aliphatic rings. The topological polar surface area (TPSA) is 43.8 Å². The molecule has 1 unspecified atom stereocenters. The van der Waals surface area contributed by atoms with Gasteiger partial charge in [-0.25, -0.2) is 4.98 Å². The molecule has 1 aromatic rings. The highest BCUT2D eigenvalue weighted by molar-refractivity contribution is 5.65. The van der Waals surface area contributed by atoms with Crippen LogP contribution in [0.5, 0.6) is 0 Å². The molecule has 1 heterocycles. The van der Waals surface area contributed by atoms with Gasteiger partial charge in [0.2, 0.25) is 0 Å². The van der Waals surface area contributed by atoms with Gasteiger partial charge in [-0.15, -0.1) is 0 Å². The summed E-state index contributed by atoms with van der Waals surface area (Å²) in [5.74, 6) is 0. The van der Waals surface area contributed by atoms with Crippen LogP contribution in [0.25, 0.3) is 5.57 Å². The summed E-state index contributed by atoms with van der Waals surface area (Å²) in [5, 5.41) is 0. The van der Waals surface area contributed by atoms with Crippen molar-refractivity contribution < 1.29 is 0 Å². The second kappa shape index (κ2) is 2.75. The molecule has 12 heavy (non-hydrogen) atoms. The molecular weight excluding hydrogens is 150 g/mol. The molecule has 1 aliphatic carbocycles. The minimum absolute atomic E-state index is 0.315. The molecular formula is C9H13N3. The predicted molar refractivity (Wildman–Crippen MR) is 48.4 cm³/mol. The maximum atomic E-state index is 5.80. The molecule has 0 saturated heterocycles. The molecule has 0 amide bonds. The minimum Gasteiger partial charge on any atom is -0.334 e. The third-order valence-electron chi connectivity index (χ3n) is 2.29. The molecule has 3 heteroatoms. The van der Waals surface area contributed by atoms with Crippen molar-refractivity contribution in [1.82, 2.24) is 9.55 Å². The summed E-state index contributed by atoms with van der Waals surface area (Å²) in [5.41, 5.74) is 8.33. The molecule has 1 atom stereocenters. The van der Waals surface area contributed by atoms with Crippen molar-refractivity contribution in [3.63, 3.8) is 0 Å². The lowest BCUT2D eigenvalue weighted by molar-refractivity contribution is 0.734. The summed E-state index contributed by atoms with van der Waals surface area (Å²) in [4.78, 5) is 4.07. The maximum absolute atomic E-state index is 5.80. The number of aromatic nitrogens is 2. The Hall–Kier alpha value is -1.09. The largest absolute Gasteiger partial charge is 0.334 e. The van der Waals surface area contributed by atoms with Crippen LogP contribution in [0.2, 0.25) is 0 Å². The van der Waals surface area contributed by atoms with Gasteiger partial charge in [0, 0.05) is 13.1 Å². The monoisotopic (exact) mass is 163 g/mol. The van der Waals surface area contributed by atoms with Gasteiger partial charge in [0.25, 0.3) is 0 Å². The van der Waals surface area contributed by atoms with Crippen LogP contribution in [0, 0.1) is 0 Å². The highest BCUT2D eigenvalue weighted by Gasteiger charge is 2.15. The van der Waals surface area contributed by atoms with E-state index >= 15 is 0 Å². The molecule has 0 spiro atoms. The number of aryl methyl sites for hydroxylation is 1. The van der Waals surface area contributed by atoms with Crippen LogP contribution in [-0.4, -0.2) is 15.6 Å². The molecule has 0 radical (unpaired) electrons. The molecule has 0 saturated carbocycles. The molecule has 0 aliphatic heterocycles. The predicted octanol–water partition coefficient (Wildman–Crippen LogP) is 0.925. The highest BCUT2D eigenvalue weighted by atomic mass is 15.0. The zero-order valence-electron chi connectivity index (χ0n) is 7.20. The van der Waals surface area contributed by atoms with Gasteiger partial charge < -0.3 is 10.3 Å². The zero-order valence-corrected chi connectivity index (χ0v) is 7.20. The Kier molecular flexibility index (Phi) is 1.73. The van der Waals surface area contributed by atoms with Gasteiger partial charge >= 0.3 is 0 Å². The number of nitrogens with two attached hydrogens (primary N) is 1. The lowest BCUT2D eigenvalue weighted by Crippen LogP contribution is -2.14. The van der Waals surface area contributed by atoms with E-state index in [2.05, 4.69) is 11.1 Å². The number of hydrogen-bond donors (Lipinski definition) is 1. The first-order chi connectivity index (χ1) is 5.77. The van der Waals surface area contributed by atoms with E-state index in [4.69, 9.17) is 5.73 Å². The van der Waals surface area contributed by atoms with Crippen LogP contribution in [0.4, 0.5) is 0 Å². The first-order valence-electron chi connectivity index (χ1n) is 4.18. The lowest BCUT2D eigenvalue weighted by atomic mass is 10.1. The minimum atomic E-state index is 0.315. The fourth-order valence-corrected chi connectivity index (χ4v) is 1.62. The van der Waals surface area contributed by atoms with E-state index in [1.807, 2.05) is 24.1 Å². The smallest absolute Gasteiger partial charge is 0.0948 e. The van der Waals surface area contributed by atoms with Crippen LogP contribution >= 0.6 is 0 Å². The van der Waals surface area contributed by atoms with Gasteiger partial charge in [-0.3, -0.25) is 0 Å². The average Bonchev–Trinajstić information content (AvgIpc) is 2.58. The lowest BCUT2D eigenvalue weighted by Gasteiger charge is -2.03. The Morgan fingerprint density at radius 2 is 2.50 bits per heavy atom. The molecule has 64 valence electrons. The standard InChI is InChI=1S/C9H13N3/c1-12-6-11-5-9(12)7-2-3-8(10)4-7/h2,5-6,8H,3-4,10H2,1H3. The SMILES string of the molecule is Cn1cncc1C1=CCC(N)C1. The van der Waals surface area contributed by atoms with Gasteiger partial charge in [-0.1, -0.05) is 6.08 Å². The first-order valence-corrected chi connectivity index (χ1v) is 4.18. The first kappa shape index (κ1) is 7.55. The van der Waals surface area contributed by atoms with Gasteiger partial charge in [0.1, 0.15) is 0 Å². The van der Waals surface area contributed by atoms with E-state index in [0.717, 1.165) is 12.8 Å². The molecule has 0 bridgehead atoms. The Labute approximate surface area is 71.9 Å². The number of imidazole rings is 1. The Morgan fingerprint density at radius 1 is 1.67 bits per heavy atom. The van der Waals surface area contributed by atoms with E-state index < -0.39 is 0 Å². The van der Waals surface area contributed by atoms with Crippen molar-refractivity contribution >= 4 is 5.57 Å². The second-order valence-electron chi connectivity index (χ2n) is 3.32. The summed E-state index contributed by atoms with van der Waals surface area (Å²) in [7, 11) is 2.01. The Balaban J connectivity index is 2.27. The third-order valence-corrected chi connectivity index (χ3v) is 2.29. The van der Waals surface area contributed by atoms with E-state index in [-0.39, 0.29) is 0 Å². The van der Waals surface area contributed by atoms with Crippen molar-refractivity contribution in [2.75, 3.05) is 0 Å². The molecule has 1 aromatic heterocycles. The van der Waals surface area contributed by atoms with Gasteiger partial charge in [0.15, 0.2) is 0 Å². The normalized spacial score (nSPS) is 22.8. The fourth-order valence-electron chi connectivity index (χ4n) is 1.62. The Bertz CT molecular complexity index is 311. The van der Waals surface area contributed by atoms with Crippen LogP contribution in [-0.2, 0) is 7.05 Å². The quantitative estimate of drug-likeness (QED) is 0.669. The Morgan fingerprint density at radius 3 is 3.00 bits per heavy atom.